The van der Waals surface area contributed by atoms with Crippen molar-refractivity contribution in [2.45, 2.75) is 52.4 Å². The molecule has 24 heavy (non-hydrogen) atoms. The van der Waals surface area contributed by atoms with Crippen molar-refractivity contribution < 1.29 is 0 Å². The molecule has 1 saturated heterocycles. The van der Waals surface area contributed by atoms with Gasteiger partial charge in [-0.25, -0.2) is 0 Å². The Bertz CT molecular complexity index is 548. The Kier molecular flexibility index (Phi) is 5.42. The Morgan fingerprint density at radius 2 is 2.21 bits per heavy atom. The van der Waals surface area contributed by atoms with Crippen LogP contribution in [-0.4, -0.2) is 42.0 Å². The van der Waals surface area contributed by atoms with Crippen LogP contribution in [0.5, 0.6) is 0 Å². The summed E-state index contributed by atoms with van der Waals surface area (Å²) in [4.78, 5) is 11.8. The highest BCUT2D eigenvalue weighted by molar-refractivity contribution is 5.80. The van der Waals surface area contributed by atoms with E-state index in [4.69, 9.17) is 4.99 Å². The second-order valence-corrected chi connectivity index (χ2v) is 7.86. The number of rotatable bonds is 5. The molecule has 1 spiro atoms. The molecule has 1 saturated carbocycles. The highest BCUT2D eigenvalue weighted by Crippen LogP contribution is 2.47. The van der Waals surface area contributed by atoms with Crippen LogP contribution in [-0.2, 0) is 0 Å². The molecule has 1 aromatic rings. The van der Waals surface area contributed by atoms with Crippen LogP contribution in [0.2, 0.25) is 0 Å². The second kappa shape index (κ2) is 7.54. The third-order valence-corrected chi connectivity index (χ3v) is 5.84. The Hall–Kier alpha value is -1.58. The highest BCUT2D eigenvalue weighted by atomic mass is 15.3. The summed E-state index contributed by atoms with van der Waals surface area (Å²) < 4.78 is 0. The number of nitrogens with one attached hydrogen (secondary N) is 1. The van der Waals surface area contributed by atoms with Crippen LogP contribution in [0.1, 0.15) is 57.9 Å². The third-order valence-electron chi connectivity index (χ3n) is 5.84. The van der Waals surface area contributed by atoms with E-state index in [1.165, 1.54) is 37.8 Å². The molecule has 1 unspecified atom stereocenters. The van der Waals surface area contributed by atoms with Gasteiger partial charge < -0.3 is 10.2 Å². The van der Waals surface area contributed by atoms with Crippen molar-refractivity contribution in [3.63, 3.8) is 0 Å². The zero-order chi connectivity index (χ0) is 17.0. The lowest BCUT2D eigenvalue weighted by Crippen LogP contribution is -2.42. The largest absolute Gasteiger partial charge is 0.357 e. The number of guanidine groups is 1. The molecule has 1 aromatic heterocycles. The van der Waals surface area contributed by atoms with Gasteiger partial charge in [0, 0.05) is 44.5 Å². The molecule has 2 fully saturated rings. The van der Waals surface area contributed by atoms with E-state index in [9.17, 15) is 0 Å². The Morgan fingerprint density at radius 3 is 2.75 bits per heavy atom. The van der Waals surface area contributed by atoms with E-state index in [0.29, 0.717) is 17.3 Å². The SMILES string of the molecule is CCNC(=NCC(c1cccnc1)C(C)C)N1CCC2(CCC2)C1. The fourth-order valence-corrected chi connectivity index (χ4v) is 4.11. The van der Waals surface area contributed by atoms with Crippen LogP contribution >= 0.6 is 0 Å². The van der Waals surface area contributed by atoms with Crippen LogP contribution in [0.4, 0.5) is 0 Å². The minimum atomic E-state index is 0.424. The van der Waals surface area contributed by atoms with Crippen LogP contribution in [0.3, 0.4) is 0 Å². The van der Waals surface area contributed by atoms with Gasteiger partial charge >= 0.3 is 0 Å². The normalized spacial score (nSPS) is 21.2. The van der Waals surface area contributed by atoms with Gasteiger partial charge in [-0.05, 0) is 49.1 Å². The minimum Gasteiger partial charge on any atom is -0.357 e. The first-order valence-corrected chi connectivity index (χ1v) is 9.57. The third kappa shape index (κ3) is 3.73. The van der Waals surface area contributed by atoms with Crippen molar-refractivity contribution >= 4 is 5.96 Å². The molecule has 0 amide bonds. The summed E-state index contributed by atoms with van der Waals surface area (Å²) in [6, 6.07) is 4.21. The Balaban J connectivity index is 1.70. The predicted octanol–water partition coefficient (Wildman–Crippen LogP) is 3.66. The Labute approximate surface area is 146 Å². The molecule has 0 bridgehead atoms. The van der Waals surface area contributed by atoms with Gasteiger partial charge in [0.2, 0.25) is 0 Å². The minimum absolute atomic E-state index is 0.424. The number of nitrogens with zero attached hydrogens (tertiary/aromatic N) is 3. The van der Waals surface area contributed by atoms with Gasteiger partial charge in [-0.3, -0.25) is 9.98 Å². The number of hydrogen-bond donors (Lipinski definition) is 1. The fourth-order valence-electron chi connectivity index (χ4n) is 4.11. The van der Waals surface area contributed by atoms with Gasteiger partial charge in [0.05, 0.1) is 0 Å². The maximum atomic E-state index is 5.02. The summed E-state index contributed by atoms with van der Waals surface area (Å²) >= 11 is 0. The second-order valence-electron chi connectivity index (χ2n) is 7.86. The van der Waals surface area contributed by atoms with Crippen molar-refractivity contribution in [2.24, 2.45) is 16.3 Å². The van der Waals surface area contributed by atoms with Crippen molar-refractivity contribution in [3.05, 3.63) is 30.1 Å². The molecule has 132 valence electrons. The summed E-state index contributed by atoms with van der Waals surface area (Å²) in [5, 5.41) is 3.52. The predicted molar refractivity (Wildman–Crippen MR) is 100 cm³/mol. The quantitative estimate of drug-likeness (QED) is 0.662. The lowest BCUT2D eigenvalue weighted by Gasteiger charge is -2.38. The summed E-state index contributed by atoms with van der Waals surface area (Å²) in [5.74, 6) is 2.08. The van der Waals surface area contributed by atoms with Crippen LogP contribution in [0, 0.1) is 11.3 Å². The van der Waals surface area contributed by atoms with Gasteiger partial charge in [-0.15, -0.1) is 0 Å². The van der Waals surface area contributed by atoms with E-state index >= 15 is 0 Å². The summed E-state index contributed by atoms with van der Waals surface area (Å²) in [6.07, 6.45) is 9.41. The molecule has 4 heteroatoms. The summed E-state index contributed by atoms with van der Waals surface area (Å²) in [7, 11) is 0. The van der Waals surface area contributed by atoms with Crippen molar-refractivity contribution in [3.8, 4) is 0 Å². The zero-order valence-corrected chi connectivity index (χ0v) is 15.5. The lowest BCUT2D eigenvalue weighted by molar-refractivity contribution is 0.151. The average molecular weight is 329 g/mol. The fraction of sp³-hybridized carbons (Fsp3) is 0.700. The summed E-state index contributed by atoms with van der Waals surface area (Å²) in [6.45, 7) is 10.8. The molecule has 4 nitrogen and oxygen atoms in total. The van der Waals surface area contributed by atoms with Crippen LogP contribution < -0.4 is 5.32 Å². The van der Waals surface area contributed by atoms with E-state index in [-0.39, 0.29) is 0 Å². The van der Waals surface area contributed by atoms with E-state index in [1.54, 1.807) is 0 Å². The standard InChI is InChI=1S/C20H32N4/c1-4-22-19(24-12-10-20(15-24)8-6-9-20)23-14-18(16(2)3)17-7-5-11-21-13-17/h5,7,11,13,16,18H,4,6,8-10,12,14-15H2,1-3H3,(H,22,23). The maximum Gasteiger partial charge on any atom is 0.193 e. The van der Waals surface area contributed by atoms with E-state index < -0.39 is 0 Å². The van der Waals surface area contributed by atoms with Crippen molar-refractivity contribution in [2.75, 3.05) is 26.2 Å². The monoisotopic (exact) mass is 328 g/mol. The highest BCUT2D eigenvalue weighted by Gasteiger charge is 2.43. The number of likely N-dealkylation sites (tertiary alicyclic amines) is 1. The molecular formula is C20H32N4. The average Bonchev–Trinajstić information content (AvgIpc) is 3.00. The van der Waals surface area contributed by atoms with Gasteiger partial charge in [0.15, 0.2) is 5.96 Å². The van der Waals surface area contributed by atoms with E-state index in [0.717, 1.165) is 25.6 Å². The Morgan fingerprint density at radius 1 is 1.38 bits per heavy atom. The van der Waals surface area contributed by atoms with Crippen LogP contribution in [0.15, 0.2) is 29.5 Å². The van der Waals surface area contributed by atoms with E-state index in [1.807, 2.05) is 18.5 Å². The lowest BCUT2D eigenvalue weighted by atomic mass is 9.68. The van der Waals surface area contributed by atoms with Gasteiger partial charge in [-0.2, -0.15) is 0 Å². The first-order chi connectivity index (χ1) is 11.6. The molecule has 0 aromatic carbocycles. The molecule has 0 radical (unpaired) electrons. The number of aliphatic imine (C=N–C) groups is 1. The molecular weight excluding hydrogens is 296 g/mol. The zero-order valence-electron chi connectivity index (χ0n) is 15.5. The smallest absolute Gasteiger partial charge is 0.193 e. The van der Waals surface area contributed by atoms with Gasteiger partial charge in [-0.1, -0.05) is 26.3 Å². The van der Waals surface area contributed by atoms with Crippen molar-refractivity contribution in [1.82, 2.24) is 15.2 Å². The maximum absolute atomic E-state index is 5.02. The van der Waals surface area contributed by atoms with Gasteiger partial charge in [0.1, 0.15) is 0 Å². The van der Waals surface area contributed by atoms with Gasteiger partial charge in [0.25, 0.3) is 0 Å². The van der Waals surface area contributed by atoms with E-state index in [2.05, 4.69) is 42.0 Å². The molecule has 1 aliphatic heterocycles. The molecule has 2 heterocycles. The number of hydrogen-bond acceptors (Lipinski definition) is 2. The summed E-state index contributed by atoms with van der Waals surface area (Å²) in [5.41, 5.74) is 1.90. The van der Waals surface area contributed by atoms with Crippen LogP contribution in [0.25, 0.3) is 0 Å². The first-order valence-electron chi connectivity index (χ1n) is 9.57. The molecule has 3 rings (SSSR count). The van der Waals surface area contributed by atoms with Crippen molar-refractivity contribution in [1.29, 1.82) is 0 Å². The molecule has 1 aliphatic carbocycles. The molecule has 1 atom stereocenters. The first kappa shape index (κ1) is 17.2. The number of pyridine rings is 1. The molecule has 2 aliphatic rings. The topological polar surface area (TPSA) is 40.5 Å². The molecule has 1 N–H and O–H groups in total. The number of aromatic nitrogens is 1.